The number of benzene rings is 2. The van der Waals surface area contributed by atoms with Gasteiger partial charge in [-0.3, -0.25) is 0 Å². The first-order valence-corrected chi connectivity index (χ1v) is 9.78. The van der Waals surface area contributed by atoms with E-state index in [1.807, 2.05) is 43.4 Å². The van der Waals surface area contributed by atoms with Crippen LogP contribution in [0.2, 0.25) is 0 Å². The molecule has 27 heavy (non-hydrogen) atoms. The number of rotatable bonds is 13. The Bertz CT molecular complexity index is 662. The van der Waals surface area contributed by atoms with Crippen molar-refractivity contribution in [2.24, 2.45) is 0 Å². The van der Waals surface area contributed by atoms with Crippen LogP contribution in [-0.4, -0.2) is 45.8 Å². The molecule has 0 aliphatic carbocycles. The average Bonchev–Trinajstić information content (AvgIpc) is 2.72. The van der Waals surface area contributed by atoms with Gasteiger partial charge >= 0.3 is 0 Å². The van der Waals surface area contributed by atoms with Crippen molar-refractivity contribution in [2.75, 3.05) is 51.2 Å². The fourth-order valence-corrected chi connectivity index (χ4v) is 2.44. The van der Waals surface area contributed by atoms with E-state index in [9.17, 15) is 3.89 Å². The van der Waals surface area contributed by atoms with E-state index in [0.29, 0.717) is 38.8 Å². The maximum Gasteiger partial charge on any atom is 0.119 e. The first kappa shape index (κ1) is 21.3. The quantitative estimate of drug-likeness (QED) is 0.387. The van der Waals surface area contributed by atoms with Crippen LogP contribution in [0.25, 0.3) is 12.2 Å². The molecule has 0 aliphatic rings. The van der Waals surface area contributed by atoms with Gasteiger partial charge < -0.3 is 19.5 Å². The fourth-order valence-electron chi connectivity index (χ4n) is 2.26. The molecule has 0 bridgehead atoms. The summed E-state index contributed by atoms with van der Waals surface area (Å²) in [6, 6.07) is 16.2. The van der Waals surface area contributed by atoms with Crippen LogP contribution in [0.1, 0.15) is 11.1 Å². The zero-order valence-corrected chi connectivity index (χ0v) is 16.3. The van der Waals surface area contributed by atoms with E-state index in [4.69, 9.17) is 14.2 Å². The van der Waals surface area contributed by atoms with Gasteiger partial charge in [-0.1, -0.05) is 36.4 Å². The molecule has 2 aromatic carbocycles. The Morgan fingerprint density at radius 3 is 1.96 bits per heavy atom. The van der Waals surface area contributed by atoms with E-state index >= 15 is 0 Å². The van der Waals surface area contributed by atoms with Gasteiger partial charge in [-0.25, -0.2) is 0 Å². The van der Waals surface area contributed by atoms with E-state index in [-0.39, 0.29) is 12.1 Å². The minimum Gasteiger partial charge on any atom is -0.491 e. The zero-order chi connectivity index (χ0) is 19.2. The molecule has 0 amide bonds. The predicted octanol–water partition coefficient (Wildman–Crippen LogP) is 4.93. The number of nitrogens with one attached hydrogen (secondary N) is 1. The van der Waals surface area contributed by atoms with Gasteiger partial charge in [0.2, 0.25) is 0 Å². The van der Waals surface area contributed by atoms with E-state index in [1.54, 1.807) is 0 Å². The molecule has 4 nitrogen and oxygen atoms in total. The van der Waals surface area contributed by atoms with Gasteiger partial charge in [-0.2, -0.15) is 3.89 Å². The third-order valence-corrected chi connectivity index (χ3v) is 4.04. The van der Waals surface area contributed by atoms with E-state index in [2.05, 4.69) is 29.6 Å². The molecule has 0 atom stereocenters. The Morgan fingerprint density at radius 2 is 1.37 bits per heavy atom. The lowest BCUT2D eigenvalue weighted by Crippen LogP contribution is -2.11. The first-order chi connectivity index (χ1) is 13.3. The summed E-state index contributed by atoms with van der Waals surface area (Å²) in [7, 11) is 1.91. The van der Waals surface area contributed by atoms with Gasteiger partial charge in [0.25, 0.3) is 0 Å². The van der Waals surface area contributed by atoms with Crippen molar-refractivity contribution in [3.63, 3.8) is 0 Å². The SMILES string of the molecule is CNc1ccc(/C=C/c2ccc(OCCOCCOCCSF)cc2)cc1. The highest BCUT2D eigenvalue weighted by molar-refractivity contribution is 7.94. The number of halogens is 1. The maximum absolute atomic E-state index is 11.8. The molecule has 146 valence electrons. The fraction of sp³-hybridized carbons (Fsp3) is 0.333. The van der Waals surface area contributed by atoms with Crippen molar-refractivity contribution in [2.45, 2.75) is 0 Å². The van der Waals surface area contributed by atoms with Crippen molar-refractivity contribution >= 4 is 30.0 Å². The summed E-state index contributed by atoms with van der Waals surface area (Å²) >= 11 is 0.283. The van der Waals surface area contributed by atoms with E-state index in [0.717, 1.165) is 22.6 Å². The Kier molecular flexibility index (Phi) is 10.4. The van der Waals surface area contributed by atoms with Gasteiger partial charge in [0.1, 0.15) is 12.4 Å². The van der Waals surface area contributed by atoms with Gasteiger partial charge in [0, 0.05) is 30.6 Å². The van der Waals surface area contributed by atoms with Crippen molar-refractivity contribution < 1.29 is 18.1 Å². The van der Waals surface area contributed by atoms with Crippen LogP contribution in [0.15, 0.2) is 48.5 Å². The molecule has 0 heterocycles. The smallest absolute Gasteiger partial charge is 0.119 e. The molecular weight excluding hydrogens is 365 g/mol. The van der Waals surface area contributed by atoms with Gasteiger partial charge in [-0.05, 0) is 35.4 Å². The van der Waals surface area contributed by atoms with Crippen molar-refractivity contribution in [1.29, 1.82) is 0 Å². The normalized spacial score (nSPS) is 11.0. The summed E-state index contributed by atoms with van der Waals surface area (Å²) in [6.45, 7) is 2.33. The number of anilines is 1. The van der Waals surface area contributed by atoms with Crippen molar-refractivity contribution in [3.05, 3.63) is 59.7 Å². The minimum atomic E-state index is 0.283. The molecule has 0 saturated heterocycles. The summed E-state index contributed by atoms with van der Waals surface area (Å²) in [5.41, 5.74) is 3.36. The molecular formula is C21H26FNO3S. The standard InChI is InChI=1S/C21H26FNO3S/c1-23-20-8-4-18(5-9-20)2-3-19-6-10-21(11-7-19)26-15-14-24-12-13-25-16-17-27-22/h2-11,23H,12-17H2,1H3/b3-2+. The second-order valence-electron chi connectivity index (χ2n) is 5.66. The van der Waals surface area contributed by atoms with E-state index < -0.39 is 0 Å². The Morgan fingerprint density at radius 1 is 0.815 bits per heavy atom. The van der Waals surface area contributed by atoms with E-state index in [1.165, 1.54) is 0 Å². The molecule has 0 aromatic heterocycles. The second-order valence-corrected chi connectivity index (χ2v) is 6.29. The molecule has 1 N–H and O–H groups in total. The van der Waals surface area contributed by atoms with Crippen LogP contribution in [-0.2, 0) is 9.47 Å². The lowest BCUT2D eigenvalue weighted by atomic mass is 10.1. The average molecular weight is 392 g/mol. The molecule has 0 unspecified atom stereocenters. The molecule has 2 aromatic rings. The topological polar surface area (TPSA) is 39.7 Å². The van der Waals surface area contributed by atoms with Crippen LogP contribution in [0.3, 0.4) is 0 Å². The predicted molar refractivity (Wildman–Crippen MR) is 112 cm³/mol. The first-order valence-electron chi connectivity index (χ1n) is 8.89. The third kappa shape index (κ3) is 8.95. The molecule has 0 saturated carbocycles. The van der Waals surface area contributed by atoms with Gasteiger partial charge in [0.05, 0.1) is 26.4 Å². The molecule has 6 heteroatoms. The largest absolute Gasteiger partial charge is 0.491 e. The Balaban J connectivity index is 1.63. The van der Waals surface area contributed by atoms with Gasteiger partial charge in [-0.15, -0.1) is 0 Å². The zero-order valence-electron chi connectivity index (χ0n) is 15.5. The maximum atomic E-state index is 11.8. The highest BCUT2D eigenvalue weighted by Crippen LogP contribution is 2.15. The summed E-state index contributed by atoms with van der Waals surface area (Å²) in [5.74, 6) is 1.17. The molecule has 2 rings (SSSR count). The van der Waals surface area contributed by atoms with Crippen LogP contribution in [0, 0.1) is 0 Å². The monoisotopic (exact) mass is 391 g/mol. The van der Waals surface area contributed by atoms with Gasteiger partial charge in [0.15, 0.2) is 0 Å². The summed E-state index contributed by atoms with van der Waals surface area (Å²) in [6.07, 6.45) is 4.15. The number of ether oxygens (including phenoxy) is 3. The Labute approximate surface area is 165 Å². The minimum absolute atomic E-state index is 0.283. The van der Waals surface area contributed by atoms with Crippen LogP contribution in [0.5, 0.6) is 5.75 Å². The highest BCUT2D eigenvalue weighted by atomic mass is 32.2. The van der Waals surface area contributed by atoms with Crippen molar-refractivity contribution in [3.8, 4) is 5.75 Å². The second kappa shape index (κ2) is 13.2. The summed E-state index contributed by atoms with van der Waals surface area (Å²) in [4.78, 5) is 0. The van der Waals surface area contributed by atoms with Crippen LogP contribution < -0.4 is 10.1 Å². The van der Waals surface area contributed by atoms with Crippen LogP contribution in [0.4, 0.5) is 9.57 Å². The lowest BCUT2D eigenvalue weighted by molar-refractivity contribution is 0.0412. The molecule has 0 spiro atoms. The van der Waals surface area contributed by atoms with Crippen LogP contribution >= 0.6 is 12.1 Å². The Hall–Kier alpha value is -2.02. The summed E-state index contributed by atoms with van der Waals surface area (Å²) < 4.78 is 28.0. The highest BCUT2D eigenvalue weighted by Gasteiger charge is 1.96. The molecule has 0 radical (unpaired) electrons. The number of hydrogen-bond acceptors (Lipinski definition) is 5. The number of hydrogen-bond donors (Lipinski definition) is 1. The lowest BCUT2D eigenvalue weighted by Gasteiger charge is -2.07. The summed E-state index contributed by atoms with van der Waals surface area (Å²) in [5, 5.41) is 3.11. The third-order valence-electron chi connectivity index (χ3n) is 3.72. The van der Waals surface area contributed by atoms with Crippen molar-refractivity contribution in [1.82, 2.24) is 0 Å². The molecule has 0 aliphatic heterocycles. The molecule has 0 fully saturated rings.